The predicted molar refractivity (Wildman–Crippen MR) is 98.5 cm³/mol. The summed E-state index contributed by atoms with van der Waals surface area (Å²) >= 11 is 0. The Balaban J connectivity index is 3.27. The lowest BCUT2D eigenvalue weighted by Crippen LogP contribution is -2.49. The zero-order valence-electron chi connectivity index (χ0n) is 16.8. The summed E-state index contributed by atoms with van der Waals surface area (Å²) in [5.74, 6) is -0.577. The first kappa shape index (κ1) is 22.3. The Bertz CT molecular complexity index is 674. The van der Waals surface area contributed by atoms with Gasteiger partial charge in [-0.2, -0.15) is 0 Å². The van der Waals surface area contributed by atoms with Gasteiger partial charge in [0.2, 0.25) is 11.7 Å². The molecule has 0 bridgehead atoms. The Labute approximate surface area is 159 Å². The number of carbonyl (C=O) groups is 3. The molecule has 1 rings (SSSR count). The van der Waals surface area contributed by atoms with E-state index in [9.17, 15) is 14.4 Å². The van der Waals surface area contributed by atoms with Crippen LogP contribution in [0.25, 0.3) is 0 Å². The van der Waals surface area contributed by atoms with Gasteiger partial charge in [0.1, 0.15) is 6.04 Å². The lowest BCUT2D eigenvalue weighted by Gasteiger charge is -2.31. The molecule has 150 valence electrons. The second-order valence-corrected chi connectivity index (χ2v) is 6.20. The lowest BCUT2D eigenvalue weighted by atomic mass is 10.0. The van der Waals surface area contributed by atoms with E-state index in [4.69, 9.17) is 18.9 Å². The first-order valence-electron chi connectivity index (χ1n) is 8.39. The molecule has 1 aromatic rings. The molecule has 0 aliphatic heterocycles. The monoisotopic (exact) mass is 381 g/mol. The molecule has 27 heavy (non-hydrogen) atoms. The molecule has 0 radical (unpaired) electrons. The fourth-order valence-corrected chi connectivity index (χ4v) is 2.77. The Morgan fingerprint density at radius 1 is 0.963 bits per heavy atom. The summed E-state index contributed by atoms with van der Waals surface area (Å²) in [5, 5.41) is 0. The quantitative estimate of drug-likeness (QED) is 0.477. The minimum Gasteiger partial charge on any atom is -0.493 e. The van der Waals surface area contributed by atoms with Crippen molar-refractivity contribution in [1.29, 1.82) is 0 Å². The normalized spacial score (nSPS) is 11.6. The highest BCUT2D eigenvalue weighted by Gasteiger charge is 2.33. The summed E-state index contributed by atoms with van der Waals surface area (Å²) < 4.78 is 20.5. The molecule has 0 saturated carbocycles. The number of carbonyl (C=O) groups excluding carboxylic acids is 3. The summed E-state index contributed by atoms with van der Waals surface area (Å²) in [6, 6.07) is 2.15. The number of rotatable bonds is 9. The van der Waals surface area contributed by atoms with E-state index in [0.29, 0.717) is 17.2 Å². The van der Waals surface area contributed by atoms with E-state index in [2.05, 4.69) is 0 Å². The average molecular weight is 381 g/mol. The molecule has 0 aliphatic rings. The van der Waals surface area contributed by atoms with Gasteiger partial charge in [0.15, 0.2) is 17.3 Å². The first-order chi connectivity index (χ1) is 12.7. The van der Waals surface area contributed by atoms with E-state index in [1.54, 1.807) is 13.8 Å². The van der Waals surface area contributed by atoms with Crippen molar-refractivity contribution in [2.45, 2.75) is 26.8 Å². The maximum atomic E-state index is 12.8. The zero-order valence-corrected chi connectivity index (χ0v) is 16.8. The third-order valence-electron chi connectivity index (χ3n) is 4.12. The van der Waals surface area contributed by atoms with Crippen molar-refractivity contribution in [2.24, 2.45) is 5.92 Å². The smallest absolute Gasteiger partial charge is 0.328 e. The molecule has 0 spiro atoms. The van der Waals surface area contributed by atoms with Gasteiger partial charge in [0.25, 0.3) is 0 Å². The van der Waals surface area contributed by atoms with E-state index in [0.717, 1.165) is 0 Å². The fraction of sp³-hybridized carbons (Fsp3) is 0.526. The number of benzene rings is 1. The molecule has 8 nitrogen and oxygen atoms in total. The van der Waals surface area contributed by atoms with Crippen LogP contribution >= 0.6 is 0 Å². The van der Waals surface area contributed by atoms with Crippen LogP contribution in [0.4, 0.5) is 0 Å². The summed E-state index contributed by atoms with van der Waals surface area (Å²) in [6.07, 6.45) is 0. The molecule has 1 aromatic carbocycles. The van der Waals surface area contributed by atoms with E-state index in [1.807, 2.05) is 0 Å². The number of methoxy groups -OCH3 is 4. The Hall–Kier alpha value is -2.77. The van der Waals surface area contributed by atoms with E-state index in [-0.39, 0.29) is 23.8 Å². The Kier molecular flexibility index (Phi) is 8.08. The van der Waals surface area contributed by atoms with Crippen molar-refractivity contribution in [2.75, 3.05) is 35.0 Å². The largest absolute Gasteiger partial charge is 0.493 e. The second kappa shape index (κ2) is 9.80. The highest BCUT2D eigenvalue weighted by atomic mass is 16.5. The number of ketones is 1. The van der Waals surface area contributed by atoms with Gasteiger partial charge in [-0.1, -0.05) is 13.8 Å². The highest BCUT2D eigenvalue weighted by Crippen LogP contribution is 2.38. The summed E-state index contributed by atoms with van der Waals surface area (Å²) in [5.41, 5.74) is 0.267. The SMILES string of the molecule is COC(=O)C(C(C)C)N(CC(=O)c1cc(OC)c(OC)c(OC)c1)C(C)=O. The standard InChI is InChI=1S/C19H27NO7/c1-11(2)17(19(23)27-7)20(12(3)21)10-14(22)13-8-15(24-4)18(26-6)16(9-13)25-5/h8-9,11,17H,10H2,1-7H3. The molecular formula is C19H27NO7. The van der Waals surface area contributed by atoms with Crippen LogP contribution in [0.15, 0.2) is 12.1 Å². The molecule has 0 aliphatic carbocycles. The number of esters is 1. The van der Waals surface area contributed by atoms with Crippen molar-refractivity contribution in [3.8, 4) is 17.2 Å². The van der Waals surface area contributed by atoms with Crippen molar-refractivity contribution in [3.63, 3.8) is 0 Å². The molecule has 1 atom stereocenters. The van der Waals surface area contributed by atoms with Gasteiger partial charge < -0.3 is 23.8 Å². The average Bonchev–Trinajstić information content (AvgIpc) is 2.65. The van der Waals surface area contributed by atoms with Crippen LogP contribution in [0.2, 0.25) is 0 Å². The molecular weight excluding hydrogens is 354 g/mol. The Morgan fingerprint density at radius 3 is 1.81 bits per heavy atom. The van der Waals surface area contributed by atoms with Crippen molar-refractivity contribution < 1.29 is 33.3 Å². The van der Waals surface area contributed by atoms with Crippen molar-refractivity contribution >= 4 is 17.7 Å². The molecule has 0 aromatic heterocycles. The number of hydrogen-bond acceptors (Lipinski definition) is 7. The van der Waals surface area contributed by atoms with Gasteiger partial charge >= 0.3 is 5.97 Å². The lowest BCUT2D eigenvalue weighted by molar-refractivity contribution is -0.153. The minimum atomic E-state index is -0.863. The van der Waals surface area contributed by atoms with Crippen LogP contribution in [0, 0.1) is 5.92 Å². The van der Waals surface area contributed by atoms with E-state index >= 15 is 0 Å². The van der Waals surface area contributed by atoms with Crippen LogP contribution in [-0.4, -0.2) is 63.6 Å². The Morgan fingerprint density at radius 2 is 1.48 bits per heavy atom. The van der Waals surface area contributed by atoms with E-state index < -0.39 is 17.9 Å². The van der Waals surface area contributed by atoms with Crippen LogP contribution in [-0.2, 0) is 14.3 Å². The van der Waals surface area contributed by atoms with Crippen LogP contribution in [0.1, 0.15) is 31.1 Å². The molecule has 0 fully saturated rings. The topological polar surface area (TPSA) is 91.4 Å². The first-order valence-corrected chi connectivity index (χ1v) is 8.39. The van der Waals surface area contributed by atoms with Crippen molar-refractivity contribution in [3.05, 3.63) is 17.7 Å². The zero-order chi connectivity index (χ0) is 20.7. The third kappa shape index (κ3) is 5.12. The van der Waals surface area contributed by atoms with Crippen LogP contribution in [0.5, 0.6) is 17.2 Å². The summed E-state index contributed by atoms with van der Waals surface area (Å²) in [7, 11) is 5.60. The van der Waals surface area contributed by atoms with Crippen LogP contribution < -0.4 is 14.2 Å². The molecule has 0 N–H and O–H groups in total. The van der Waals surface area contributed by atoms with Gasteiger partial charge in [-0.3, -0.25) is 9.59 Å². The number of Topliss-reactive ketones (excluding diaryl/α,β-unsaturated/α-hetero) is 1. The molecule has 1 amide bonds. The number of amides is 1. The minimum absolute atomic E-state index is 0.228. The summed E-state index contributed by atoms with van der Waals surface area (Å²) in [6.45, 7) is 4.58. The molecule has 1 unspecified atom stereocenters. The predicted octanol–water partition coefficient (Wildman–Crippen LogP) is 1.94. The molecule has 0 heterocycles. The number of nitrogens with zero attached hydrogens (tertiary/aromatic N) is 1. The maximum absolute atomic E-state index is 12.8. The number of hydrogen-bond donors (Lipinski definition) is 0. The number of ether oxygens (including phenoxy) is 4. The summed E-state index contributed by atoms with van der Waals surface area (Å²) in [4.78, 5) is 38.3. The van der Waals surface area contributed by atoms with Crippen LogP contribution in [0.3, 0.4) is 0 Å². The van der Waals surface area contributed by atoms with Crippen molar-refractivity contribution in [1.82, 2.24) is 4.90 Å². The second-order valence-electron chi connectivity index (χ2n) is 6.20. The van der Waals surface area contributed by atoms with Gasteiger partial charge in [-0.25, -0.2) is 4.79 Å². The fourth-order valence-electron chi connectivity index (χ4n) is 2.77. The van der Waals surface area contributed by atoms with Gasteiger partial charge in [-0.05, 0) is 18.1 Å². The van der Waals surface area contributed by atoms with Gasteiger partial charge in [-0.15, -0.1) is 0 Å². The van der Waals surface area contributed by atoms with E-state index in [1.165, 1.54) is 52.4 Å². The molecule has 8 heteroatoms. The molecule has 0 saturated heterocycles. The highest BCUT2D eigenvalue weighted by molar-refractivity contribution is 6.01. The maximum Gasteiger partial charge on any atom is 0.328 e. The third-order valence-corrected chi connectivity index (χ3v) is 4.12. The van der Waals surface area contributed by atoms with Gasteiger partial charge in [0, 0.05) is 12.5 Å². The van der Waals surface area contributed by atoms with Gasteiger partial charge in [0.05, 0.1) is 35.0 Å².